The van der Waals surface area contributed by atoms with Crippen molar-refractivity contribution in [2.24, 2.45) is 0 Å². The molecule has 7 heteroatoms. The molecule has 1 aromatic rings. The Morgan fingerprint density at radius 1 is 1.21 bits per heavy atom. The Hall–Kier alpha value is -1.44. The highest BCUT2D eigenvalue weighted by molar-refractivity contribution is 7.89. The molecule has 0 radical (unpaired) electrons. The molecule has 1 N–H and O–H groups in total. The summed E-state index contributed by atoms with van der Waals surface area (Å²) in [6.45, 7) is 8.58. The van der Waals surface area contributed by atoms with Crippen molar-refractivity contribution >= 4 is 21.6 Å². The minimum Gasteiger partial charge on any atom is -0.325 e. The Balaban J connectivity index is 2.17. The standard InChI is InChI=1S/C17H27N3O3S/c1-4-20(5-2)24(22,23)15-9-8-14(3)16(12-15)18-17(21)13-19-10-6-7-11-19/h8-9,12H,4-7,10-11,13H2,1-3H3,(H,18,21). The second-order valence-electron chi connectivity index (χ2n) is 6.10. The van der Waals surface area contributed by atoms with E-state index in [1.807, 2.05) is 20.8 Å². The van der Waals surface area contributed by atoms with Crippen LogP contribution in [-0.2, 0) is 14.8 Å². The van der Waals surface area contributed by atoms with Gasteiger partial charge in [-0.25, -0.2) is 8.42 Å². The lowest BCUT2D eigenvalue weighted by atomic mass is 10.2. The minimum atomic E-state index is -3.53. The molecular formula is C17H27N3O3S. The van der Waals surface area contributed by atoms with E-state index in [4.69, 9.17) is 0 Å². The maximum Gasteiger partial charge on any atom is 0.243 e. The zero-order valence-electron chi connectivity index (χ0n) is 14.7. The molecule has 6 nitrogen and oxygen atoms in total. The molecule has 0 saturated carbocycles. The first-order valence-electron chi connectivity index (χ1n) is 8.51. The minimum absolute atomic E-state index is 0.0996. The van der Waals surface area contributed by atoms with Crippen molar-refractivity contribution in [2.75, 3.05) is 38.0 Å². The van der Waals surface area contributed by atoms with E-state index in [2.05, 4.69) is 10.2 Å². The van der Waals surface area contributed by atoms with Gasteiger partial charge in [0.25, 0.3) is 0 Å². The smallest absolute Gasteiger partial charge is 0.243 e. The molecular weight excluding hydrogens is 326 g/mol. The van der Waals surface area contributed by atoms with Crippen LogP contribution < -0.4 is 5.32 Å². The summed E-state index contributed by atoms with van der Waals surface area (Å²) in [7, 11) is -3.53. The summed E-state index contributed by atoms with van der Waals surface area (Å²) in [5.41, 5.74) is 1.41. The summed E-state index contributed by atoms with van der Waals surface area (Å²) >= 11 is 0. The summed E-state index contributed by atoms with van der Waals surface area (Å²) in [6, 6.07) is 4.89. The normalized spacial score (nSPS) is 15.8. The van der Waals surface area contributed by atoms with Crippen molar-refractivity contribution in [3.05, 3.63) is 23.8 Å². The van der Waals surface area contributed by atoms with E-state index in [1.54, 1.807) is 18.2 Å². The fourth-order valence-corrected chi connectivity index (χ4v) is 4.43. The van der Waals surface area contributed by atoms with Gasteiger partial charge in [0.05, 0.1) is 11.4 Å². The van der Waals surface area contributed by atoms with E-state index < -0.39 is 10.0 Å². The lowest BCUT2D eigenvalue weighted by molar-refractivity contribution is -0.117. The van der Waals surface area contributed by atoms with Crippen LogP contribution in [0.25, 0.3) is 0 Å². The zero-order valence-corrected chi connectivity index (χ0v) is 15.5. The topological polar surface area (TPSA) is 69.7 Å². The van der Waals surface area contributed by atoms with Gasteiger partial charge in [0.2, 0.25) is 15.9 Å². The number of anilines is 1. The maximum absolute atomic E-state index is 12.6. The Morgan fingerprint density at radius 2 is 1.83 bits per heavy atom. The Bertz CT molecular complexity index is 678. The number of carbonyl (C=O) groups excluding carboxylic acids is 1. The van der Waals surface area contributed by atoms with E-state index in [-0.39, 0.29) is 10.8 Å². The molecule has 1 aliphatic rings. The number of benzene rings is 1. The molecule has 0 bridgehead atoms. The van der Waals surface area contributed by atoms with Crippen molar-refractivity contribution in [1.82, 2.24) is 9.21 Å². The first-order valence-corrected chi connectivity index (χ1v) is 9.95. The van der Waals surface area contributed by atoms with Crippen LogP contribution in [0.1, 0.15) is 32.3 Å². The third kappa shape index (κ3) is 4.34. The number of sulfonamides is 1. The second-order valence-corrected chi connectivity index (χ2v) is 8.04. The maximum atomic E-state index is 12.6. The molecule has 0 spiro atoms. The van der Waals surface area contributed by atoms with E-state index in [9.17, 15) is 13.2 Å². The molecule has 0 aromatic heterocycles. The number of hydrogen-bond acceptors (Lipinski definition) is 4. The van der Waals surface area contributed by atoms with Crippen molar-refractivity contribution in [1.29, 1.82) is 0 Å². The summed E-state index contributed by atoms with van der Waals surface area (Å²) in [5.74, 6) is -0.0996. The number of hydrogen-bond donors (Lipinski definition) is 1. The molecule has 1 aliphatic heterocycles. The Kier molecular flexibility index (Phi) is 6.37. The number of nitrogens with zero attached hydrogens (tertiary/aromatic N) is 2. The van der Waals surface area contributed by atoms with Crippen molar-refractivity contribution < 1.29 is 13.2 Å². The number of aryl methyl sites for hydroxylation is 1. The van der Waals surface area contributed by atoms with Crippen LogP contribution in [0, 0.1) is 6.92 Å². The molecule has 1 aromatic carbocycles. The van der Waals surface area contributed by atoms with E-state index in [0.29, 0.717) is 25.3 Å². The third-order valence-corrected chi connectivity index (χ3v) is 6.44. The number of rotatable bonds is 7. The first-order chi connectivity index (χ1) is 11.4. The highest BCUT2D eigenvalue weighted by atomic mass is 32.2. The van der Waals surface area contributed by atoms with Gasteiger partial charge in [-0.1, -0.05) is 19.9 Å². The van der Waals surface area contributed by atoms with Crippen LogP contribution in [0.2, 0.25) is 0 Å². The van der Waals surface area contributed by atoms with Gasteiger partial charge in [-0.2, -0.15) is 4.31 Å². The van der Waals surface area contributed by atoms with Gasteiger partial charge >= 0.3 is 0 Å². The number of amides is 1. The fourth-order valence-electron chi connectivity index (χ4n) is 2.94. The van der Waals surface area contributed by atoms with Gasteiger partial charge in [-0.3, -0.25) is 9.69 Å². The van der Waals surface area contributed by atoms with E-state index in [0.717, 1.165) is 31.5 Å². The second kappa shape index (κ2) is 8.09. The monoisotopic (exact) mass is 353 g/mol. The molecule has 2 rings (SSSR count). The van der Waals surface area contributed by atoms with Gasteiger partial charge in [-0.05, 0) is 50.6 Å². The first kappa shape index (κ1) is 18.9. The van der Waals surface area contributed by atoms with Crippen LogP contribution in [0.5, 0.6) is 0 Å². The highest BCUT2D eigenvalue weighted by Crippen LogP contribution is 2.23. The van der Waals surface area contributed by atoms with Crippen LogP contribution in [0.3, 0.4) is 0 Å². The third-order valence-electron chi connectivity index (χ3n) is 4.39. The summed E-state index contributed by atoms with van der Waals surface area (Å²) < 4.78 is 26.7. The number of nitrogens with one attached hydrogen (secondary N) is 1. The SMILES string of the molecule is CCN(CC)S(=O)(=O)c1ccc(C)c(NC(=O)CN2CCCC2)c1. The van der Waals surface area contributed by atoms with Gasteiger partial charge in [-0.15, -0.1) is 0 Å². The van der Waals surface area contributed by atoms with E-state index >= 15 is 0 Å². The average Bonchev–Trinajstić information content (AvgIpc) is 3.03. The van der Waals surface area contributed by atoms with Crippen molar-refractivity contribution in [3.8, 4) is 0 Å². The van der Waals surface area contributed by atoms with Crippen LogP contribution in [-0.4, -0.2) is 56.3 Å². The summed E-state index contributed by atoms with van der Waals surface area (Å²) in [5, 5.41) is 2.86. The van der Waals surface area contributed by atoms with E-state index in [1.165, 1.54) is 4.31 Å². The van der Waals surface area contributed by atoms with Crippen LogP contribution in [0.4, 0.5) is 5.69 Å². The summed E-state index contributed by atoms with van der Waals surface area (Å²) in [4.78, 5) is 14.5. The van der Waals surface area contributed by atoms with Gasteiger partial charge in [0, 0.05) is 18.8 Å². The lowest BCUT2D eigenvalue weighted by Crippen LogP contribution is -2.32. The van der Waals surface area contributed by atoms with Crippen molar-refractivity contribution in [2.45, 2.75) is 38.5 Å². The lowest BCUT2D eigenvalue weighted by Gasteiger charge is -2.20. The molecule has 0 aliphatic carbocycles. The molecule has 24 heavy (non-hydrogen) atoms. The van der Waals surface area contributed by atoms with Crippen LogP contribution in [0.15, 0.2) is 23.1 Å². The molecule has 134 valence electrons. The van der Waals surface area contributed by atoms with Gasteiger partial charge < -0.3 is 5.32 Å². The highest BCUT2D eigenvalue weighted by Gasteiger charge is 2.23. The Labute approximate surface area is 144 Å². The van der Waals surface area contributed by atoms with Gasteiger partial charge in [0.15, 0.2) is 0 Å². The largest absolute Gasteiger partial charge is 0.325 e. The predicted molar refractivity (Wildman–Crippen MR) is 95.6 cm³/mol. The average molecular weight is 353 g/mol. The molecule has 1 heterocycles. The Morgan fingerprint density at radius 3 is 2.42 bits per heavy atom. The zero-order chi connectivity index (χ0) is 17.7. The molecule has 1 amide bonds. The quantitative estimate of drug-likeness (QED) is 0.815. The number of carbonyl (C=O) groups is 1. The molecule has 1 saturated heterocycles. The summed E-state index contributed by atoms with van der Waals surface area (Å²) in [6.07, 6.45) is 2.26. The fraction of sp³-hybridized carbons (Fsp3) is 0.588. The molecule has 0 atom stereocenters. The van der Waals surface area contributed by atoms with Crippen molar-refractivity contribution in [3.63, 3.8) is 0 Å². The van der Waals surface area contributed by atoms with Gasteiger partial charge in [0.1, 0.15) is 0 Å². The molecule has 1 fully saturated rings. The predicted octanol–water partition coefficient (Wildman–Crippen LogP) is 2.06. The van der Waals surface area contributed by atoms with Crippen LogP contribution >= 0.6 is 0 Å². The molecule has 0 unspecified atom stereocenters. The number of likely N-dealkylation sites (tertiary alicyclic amines) is 1.